The van der Waals surface area contributed by atoms with Gasteiger partial charge in [-0.2, -0.15) is 0 Å². The average molecular weight is 467 g/mol. The van der Waals surface area contributed by atoms with E-state index in [-0.39, 0.29) is 29.2 Å². The van der Waals surface area contributed by atoms with Crippen molar-refractivity contribution in [2.75, 3.05) is 18.8 Å². The lowest BCUT2D eigenvalue weighted by Gasteiger charge is -2.31. The highest BCUT2D eigenvalue weighted by Gasteiger charge is 2.22. The number of carbonyl (C=O) groups excluding carboxylic acids is 2. The van der Waals surface area contributed by atoms with Gasteiger partial charge < -0.3 is 10.2 Å². The van der Waals surface area contributed by atoms with Gasteiger partial charge in [0.1, 0.15) is 0 Å². The van der Waals surface area contributed by atoms with Gasteiger partial charge in [0.2, 0.25) is 11.8 Å². The zero-order valence-corrected chi connectivity index (χ0v) is 18.3. The van der Waals surface area contributed by atoms with Crippen molar-refractivity contribution in [3.63, 3.8) is 0 Å². The number of benzene rings is 1. The third-order valence-corrected chi connectivity index (χ3v) is 6.30. The van der Waals surface area contributed by atoms with Crippen LogP contribution in [0.15, 0.2) is 32.6 Å². The van der Waals surface area contributed by atoms with E-state index in [1.165, 1.54) is 11.8 Å². The standard InChI is InChI=1S/C19H23BrN4O3S/c1-3-24-18(27)15-10-13(20)4-5-16(15)22-19(24)28-11-17(26)21-14-6-8-23(9-7-14)12(2)25/h4-5,10,14H,3,6-9,11H2,1-2H3,(H,21,26). The number of nitrogens with one attached hydrogen (secondary N) is 1. The Morgan fingerprint density at radius 3 is 2.68 bits per heavy atom. The van der Waals surface area contributed by atoms with E-state index < -0.39 is 0 Å². The predicted molar refractivity (Wildman–Crippen MR) is 114 cm³/mol. The normalized spacial score (nSPS) is 15.0. The van der Waals surface area contributed by atoms with Crippen molar-refractivity contribution in [1.29, 1.82) is 0 Å². The Morgan fingerprint density at radius 1 is 1.32 bits per heavy atom. The number of halogens is 1. The summed E-state index contributed by atoms with van der Waals surface area (Å²) in [4.78, 5) is 42.9. The average Bonchev–Trinajstić information content (AvgIpc) is 2.67. The predicted octanol–water partition coefficient (Wildman–Crippen LogP) is 2.40. The van der Waals surface area contributed by atoms with Crippen LogP contribution in [0.25, 0.3) is 10.9 Å². The van der Waals surface area contributed by atoms with E-state index in [1.807, 2.05) is 13.0 Å². The first-order valence-corrected chi connectivity index (χ1v) is 11.0. The number of aromatic nitrogens is 2. The Morgan fingerprint density at radius 2 is 2.04 bits per heavy atom. The van der Waals surface area contributed by atoms with E-state index >= 15 is 0 Å². The highest BCUT2D eigenvalue weighted by atomic mass is 79.9. The van der Waals surface area contributed by atoms with Crippen LogP contribution in [0, 0.1) is 0 Å². The first-order valence-electron chi connectivity index (χ1n) is 9.26. The molecule has 1 aliphatic heterocycles. The van der Waals surface area contributed by atoms with Crippen molar-refractivity contribution in [3.8, 4) is 0 Å². The first kappa shape index (κ1) is 20.9. The molecular weight excluding hydrogens is 444 g/mol. The quantitative estimate of drug-likeness (QED) is 0.540. The number of amides is 2. The molecule has 2 heterocycles. The summed E-state index contributed by atoms with van der Waals surface area (Å²) < 4.78 is 2.43. The molecule has 1 saturated heterocycles. The van der Waals surface area contributed by atoms with Crippen LogP contribution in [0.1, 0.15) is 26.7 Å². The van der Waals surface area contributed by atoms with Crippen LogP contribution in [-0.2, 0) is 16.1 Å². The third kappa shape index (κ3) is 4.75. The lowest BCUT2D eigenvalue weighted by Crippen LogP contribution is -2.46. The Bertz CT molecular complexity index is 954. The van der Waals surface area contributed by atoms with Gasteiger partial charge in [0.25, 0.3) is 5.56 Å². The lowest BCUT2D eigenvalue weighted by atomic mass is 10.1. The van der Waals surface area contributed by atoms with Gasteiger partial charge in [0.05, 0.1) is 16.7 Å². The first-order chi connectivity index (χ1) is 13.4. The summed E-state index contributed by atoms with van der Waals surface area (Å²) in [7, 11) is 0. The van der Waals surface area contributed by atoms with Gasteiger partial charge in [-0.3, -0.25) is 19.0 Å². The minimum atomic E-state index is -0.103. The molecule has 1 fully saturated rings. The zero-order chi connectivity index (χ0) is 20.3. The van der Waals surface area contributed by atoms with Crippen molar-refractivity contribution in [1.82, 2.24) is 19.8 Å². The molecule has 1 N–H and O–H groups in total. The third-order valence-electron chi connectivity index (χ3n) is 4.84. The topological polar surface area (TPSA) is 84.3 Å². The van der Waals surface area contributed by atoms with Crippen LogP contribution in [0.2, 0.25) is 0 Å². The summed E-state index contributed by atoms with van der Waals surface area (Å²) in [5.41, 5.74) is 0.519. The highest BCUT2D eigenvalue weighted by molar-refractivity contribution is 9.10. The molecule has 28 heavy (non-hydrogen) atoms. The van der Waals surface area contributed by atoms with Gasteiger partial charge >= 0.3 is 0 Å². The Kier molecular flexibility index (Phi) is 6.77. The van der Waals surface area contributed by atoms with E-state index in [4.69, 9.17) is 0 Å². The number of hydrogen-bond donors (Lipinski definition) is 1. The van der Waals surface area contributed by atoms with Crippen LogP contribution in [0.3, 0.4) is 0 Å². The fraction of sp³-hybridized carbons (Fsp3) is 0.474. The second kappa shape index (κ2) is 9.09. The molecule has 1 aromatic heterocycles. The molecule has 0 unspecified atom stereocenters. The summed E-state index contributed by atoms with van der Waals surface area (Å²) in [6.45, 7) is 5.29. The number of piperidine rings is 1. The smallest absolute Gasteiger partial charge is 0.262 e. The van der Waals surface area contributed by atoms with Crippen LogP contribution in [-0.4, -0.2) is 51.1 Å². The highest BCUT2D eigenvalue weighted by Crippen LogP contribution is 2.20. The van der Waals surface area contributed by atoms with Crippen LogP contribution >= 0.6 is 27.7 Å². The molecule has 150 valence electrons. The largest absolute Gasteiger partial charge is 0.353 e. The monoisotopic (exact) mass is 466 g/mol. The minimum Gasteiger partial charge on any atom is -0.353 e. The maximum absolute atomic E-state index is 12.7. The minimum absolute atomic E-state index is 0.0762. The number of carbonyl (C=O) groups is 2. The summed E-state index contributed by atoms with van der Waals surface area (Å²) >= 11 is 4.65. The van der Waals surface area contributed by atoms with Gasteiger partial charge in [0, 0.05) is 37.1 Å². The van der Waals surface area contributed by atoms with Gasteiger partial charge in [-0.05, 0) is 38.0 Å². The Balaban J connectivity index is 1.65. The van der Waals surface area contributed by atoms with E-state index in [2.05, 4.69) is 26.2 Å². The molecule has 1 aromatic carbocycles. The summed E-state index contributed by atoms with van der Waals surface area (Å²) in [5.74, 6) is 0.188. The van der Waals surface area contributed by atoms with Gasteiger partial charge in [-0.15, -0.1) is 0 Å². The fourth-order valence-electron chi connectivity index (χ4n) is 3.30. The maximum atomic E-state index is 12.7. The van der Waals surface area contributed by atoms with Crippen molar-refractivity contribution in [2.24, 2.45) is 0 Å². The van der Waals surface area contributed by atoms with Crippen LogP contribution in [0.5, 0.6) is 0 Å². The molecule has 1 aliphatic rings. The van der Waals surface area contributed by atoms with Crippen LogP contribution < -0.4 is 10.9 Å². The lowest BCUT2D eigenvalue weighted by molar-refractivity contribution is -0.130. The number of hydrogen-bond acceptors (Lipinski definition) is 5. The second-order valence-electron chi connectivity index (χ2n) is 6.74. The van der Waals surface area contributed by atoms with Crippen molar-refractivity contribution < 1.29 is 9.59 Å². The molecule has 0 radical (unpaired) electrons. The van der Waals surface area contributed by atoms with Crippen molar-refractivity contribution in [2.45, 2.75) is 44.4 Å². The van der Waals surface area contributed by atoms with E-state index in [0.29, 0.717) is 35.7 Å². The van der Waals surface area contributed by atoms with Gasteiger partial charge in [0.15, 0.2) is 5.16 Å². The Labute approximate surface area is 176 Å². The summed E-state index contributed by atoms with van der Waals surface area (Å²) in [6.07, 6.45) is 1.53. The molecule has 7 nitrogen and oxygen atoms in total. The molecule has 0 bridgehead atoms. The molecule has 0 aliphatic carbocycles. The van der Waals surface area contributed by atoms with E-state index in [1.54, 1.807) is 28.5 Å². The fourth-order valence-corrected chi connectivity index (χ4v) is 4.54. The van der Waals surface area contributed by atoms with Crippen molar-refractivity contribution in [3.05, 3.63) is 33.0 Å². The van der Waals surface area contributed by atoms with Crippen LogP contribution in [0.4, 0.5) is 0 Å². The molecular formula is C19H23BrN4O3S. The number of rotatable bonds is 5. The molecule has 0 spiro atoms. The summed E-state index contributed by atoms with van der Waals surface area (Å²) in [6, 6.07) is 5.50. The maximum Gasteiger partial charge on any atom is 0.262 e. The molecule has 3 rings (SSSR count). The van der Waals surface area contributed by atoms with E-state index in [9.17, 15) is 14.4 Å². The number of fused-ring (bicyclic) bond motifs is 1. The SMILES string of the molecule is CCn1c(SCC(=O)NC2CCN(C(C)=O)CC2)nc2ccc(Br)cc2c1=O. The molecule has 2 amide bonds. The van der Waals surface area contributed by atoms with Gasteiger partial charge in [-0.1, -0.05) is 27.7 Å². The summed E-state index contributed by atoms with van der Waals surface area (Å²) in [5, 5.41) is 4.13. The zero-order valence-electron chi connectivity index (χ0n) is 15.9. The molecule has 0 saturated carbocycles. The molecule has 2 aromatic rings. The Hall–Kier alpha value is -1.87. The number of nitrogens with zero attached hydrogens (tertiary/aromatic N) is 3. The molecule has 9 heteroatoms. The number of thioether (sulfide) groups is 1. The number of likely N-dealkylation sites (tertiary alicyclic amines) is 1. The van der Waals surface area contributed by atoms with Crippen molar-refractivity contribution >= 4 is 50.4 Å². The van der Waals surface area contributed by atoms with E-state index in [0.717, 1.165) is 17.3 Å². The van der Waals surface area contributed by atoms with Gasteiger partial charge in [-0.25, -0.2) is 4.98 Å². The second-order valence-corrected chi connectivity index (χ2v) is 8.60. The molecule has 0 atom stereocenters.